The first-order valence-electron chi connectivity index (χ1n) is 9.23. The Hall–Kier alpha value is -3.29. The molecule has 1 unspecified atom stereocenters. The molecule has 2 atom stereocenters. The summed E-state index contributed by atoms with van der Waals surface area (Å²) in [6.45, 7) is 1.52. The van der Waals surface area contributed by atoms with Gasteiger partial charge in [0.1, 0.15) is 12.1 Å². The number of hydrogen-bond acceptors (Lipinski definition) is 6. The average Bonchev–Trinajstić information content (AvgIpc) is 3.31. The van der Waals surface area contributed by atoms with Gasteiger partial charge in [-0.15, -0.1) is 0 Å². The van der Waals surface area contributed by atoms with Crippen LogP contribution in [0.4, 0.5) is 16.0 Å². The first kappa shape index (κ1) is 16.9. The molecule has 0 spiro atoms. The summed E-state index contributed by atoms with van der Waals surface area (Å²) in [6, 6.07) is 10.5. The Morgan fingerprint density at radius 2 is 1.89 bits per heavy atom. The van der Waals surface area contributed by atoms with E-state index < -0.39 is 0 Å². The number of nitrogens with zero attached hydrogens (tertiary/aromatic N) is 6. The van der Waals surface area contributed by atoms with Gasteiger partial charge in [-0.2, -0.15) is 0 Å². The van der Waals surface area contributed by atoms with Crippen LogP contribution in [0.25, 0.3) is 11.4 Å². The van der Waals surface area contributed by atoms with Crippen LogP contribution in [0.15, 0.2) is 53.7 Å². The summed E-state index contributed by atoms with van der Waals surface area (Å²) in [4.78, 5) is 29.8. The van der Waals surface area contributed by atoms with Gasteiger partial charge in [-0.3, -0.25) is 9.36 Å². The number of halogens is 1. The van der Waals surface area contributed by atoms with Crippen molar-refractivity contribution < 1.29 is 4.39 Å². The van der Waals surface area contributed by atoms with E-state index in [-0.39, 0.29) is 23.5 Å². The maximum Gasteiger partial charge on any atom is 0.255 e. The number of rotatable bonds is 3. The highest BCUT2D eigenvalue weighted by atomic mass is 19.1. The first-order valence-corrected chi connectivity index (χ1v) is 9.23. The van der Waals surface area contributed by atoms with Gasteiger partial charge in [-0.25, -0.2) is 19.3 Å². The van der Waals surface area contributed by atoms with Gasteiger partial charge in [0, 0.05) is 44.1 Å². The third-order valence-electron chi connectivity index (χ3n) is 5.59. The summed E-state index contributed by atoms with van der Waals surface area (Å²) in [5, 5.41) is 0. The van der Waals surface area contributed by atoms with Crippen LogP contribution in [-0.2, 0) is 7.05 Å². The molecule has 142 valence electrons. The minimum Gasteiger partial charge on any atom is -0.365 e. The Labute approximate surface area is 161 Å². The van der Waals surface area contributed by atoms with Gasteiger partial charge in [-0.05, 0) is 30.7 Å². The predicted octanol–water partition coefficient (Wildman–Crippen LogP) is 1.84. The Morgan fingerprint density at radius 1 is 1.07 bits per heavy atom. The lowest BCUT2D eigenvalue weighted by Gasteiger charge is -2.36. The lowest BCUT2D eigenvalue weighted by molar-refractivity contribution is 0.606. The molecule has 1 aromatic carbocycles. The standard InChI is InChI=1S/C20H19FN6O/c1-25-19(28)9-18(17-5-6-22-12-23-17)24-20(25)27-11-15-8-16(27)10-26(15)14-4-2-3-13(21)7-14/h2-7,9,12,15-16H,8,10-11H2,1H3/t15?,16-/m0/s1. The lowest BCUT2D eigenvalue weighted by Crippen LogP contribution is -2.48. The topological polar surface area (TPSA) is 67.2 Å². The van der Waals surface area contributed by atoms with E-state index in [2.05, 4.69) is 19.8 Å². The van der Waals surface area contributed by atoms with Crippen LogP contribution in [0.1, 0.15) is 6.42 Å². The fourth-order valence-electron chi connectivity index (χ4n) is 4.24. The van der Waals surface area contributed by atoms with Gasteiger partial charge >= 0.3 is 0 Å². The van der Waals surface area contributed by atoms with E-state index in [9.17, 15) is 9.18 Å². The molecule has 3 aromatic rings. The highest BCUT2D eigenvalue weighted by Crippen LogP contribution is 2.36. The molecule has 8 heteroatoms. The second kappa shape index (κ2) is 6.40. The Balaban J connectivity index is 1.46. The highest BCUT2D eigenvalue weighted by molar-refractivity contribution is 5.58. The molecule has 0 radical (unpaired) electrons. The van der Waals surface area contributed by atoms with E-state index in [4.69, 9.17) is 4.98 Å². The molecule has 2 aliphatic heterocycles. The van der Waals surface area contributed by atoms with Crippen LogP contribution in [-0.4, -0.2) is 44.7 Å². The predicted molar refractivity (Wildman–Crippen MR) is 104 cm³/mol. The van der Waals surface area contributed by atoms with Crippen LogP contribution in [0.2, 0.25) is 0 Å². The zero-order valence-electron chi connectivity index (χ0n) is 15.4. The molecule has 2 saturated heterocycles. The molecule has 5 rings (SSSR count). The van der Waals surface area contributed by atoms with Crippen molar-refractivity contribution in [1.82, 2.24) is 19.5 Å². The summed E-state index contributed by atoms with van der Waals surface area (Å²) in [5.74, 6) is 0.422. The molecule has 0 amide bonds. The molecule has 2 aliphatic rings. The van der Waals surface area contributed by atoms with Crippen molar-refractivity contribution in [3.63, 3.8) is 0 Å². The number of hydrogen-bond donors (Lipinski definition) is 0. The lowest BCUT2D eigenvalue weighted by atomic mass is 10.2. The van der Waals surface area contributed by atoms with Crippen molar-refractivity contribution in [1.29, 1.82) is 0 Å². The van der Waals surface area contributed by atoms with E-state index in [1.54, 1.807) is 36.0 Å². The third-order valence-corrected chi connectivity index (χ3v) is 5.59. The first-order chi connectivity index (χ1) is 13.6. The maximum absolute atomic E-state index is 13.6. The van der Waals surface area contributed by atoms with Gasteiger partial charge < -0.3 is 9.80 Å². The van der Waals surface area contributed by atoms with Gasteiger partial charge in [0.25, 0.3) is 5.56 Å². The molecule has 7 nitrogen and oxygen atoms in total. The van der Waals surface area contributed by atoms with Crippen molar-refractivity contribution in [2.24, 2.45) is 7.05 Å². The Bertz CT molecular complexity index is 1090. The number of fused-ring (bicyclic) bond motifs is 2. The van der Waals surface area contributed by atoms with Crippen LogP contribution >= 0.6 is 0 Å². The second-order valence-corrected chi connectivity index (χ2v) is 7.26. The molecule has 0 saturated carbocycles. The van der Waals surface area contributed by atoms with Gasteiger partial charge in [-0.1, -0.05) is 6.07 Å². The van der Waals surface area contributed by atoms with Crippen LogP contribution in [0.3, 0.4) is 0 Å². The van der Waals surface area contributed by atoms with Crippen molar-refractivity contribution in [2.75, 3.05) is 22.9 Å². The number of benzene rings is 1. The molecule has 28 heavy (non-hydrogen) atoms. The molecule has 2 bridgehead atoms. The maximum atomic E-state index is 13.6. The Morgan fingerprint density at radius 3 is 2.61 bits per heavy atom. The number of piperazine rings is 1. The fraction of sp³-hybridized carbons (Fsp3) is 0.300. The van der Waals surface area contributed by atoms with Crippen molar-refractivity contribution in [3.05, 3.63) is 65.1 Å². The molecular formula is C20H19FN6O. The quantitative estimate of drug-likeness (QED) is 0.693. The summed E-state index contributed by atoms with van der Waals surface area (Å²) < 4.78 is 15.2. The van der Waals surface area contributed by atoms with E-state index in [0.717, 1.165) is 25.2 Å². The monoisotopic (exact) mass is 378 g/mol. The third kappa shape index (κ3) is 2.72. The summed E-state index contributed by atoms with van der Waals surface area (Å²) in [5.41, 5.74) is 1.96. The largest absolute Gasteiger partial charge is 0.365 e. The molecular weight excluding hydrogens is 359 g/mol. The summed E-state index contributed by atoms with van der Waals surface area (Å²) >= 11 is 0. The SMILES string of the molecule is Cn1c(N2CC3C[C@H]2CN3c2cccc(F)c2)nc(-c2ccncn2)cc1=O. The molecule has 0 aliphatic carbocycles. The van der Waals surface area contributed by atoms with E-state index in [0.29, 0.717) is 17.3 Å². The highest BCUT2D eigenvalue weighted by Gasteiger charge is 2.44. The molecule has 4 heterocycles. The van der Waals surface area contributed by atoms with Crippen molar-refractivity contribution >= 4 is 11.6 Å². The molecule has 2 aromatic heterocycles. The fourth-order valence-corrected chi connectivity index (χ4v) is 4.24. The van der Waals surface area contributed by atoms with E-state index in [1.807, 2.05) is 6.07 Å². The average molecular weight is 378 g/mol. The normalized spacial score (nSPS) is 20.8. The van der Waals surface area contributed by atoms with Gasteiger partial charge in [0.15, 0.2) is 0 Å². The van der Waals surface area contributed by atoms with Crippen molar-refractivity contribution in [3.8, 4) is 11.4 Å². The van der Waals surface area contributed by atoms with Crippen LogP contribution in [0.5, 0.6) is 0 Å². The number of anilines is 2. The minimum atomic E-state index is -0.223. The minimum absolute atomic E-state index is 0.122. The van der Waals surface area contributed by atoms with Gasteiger partial charge in [0.05, 0.1) is 17.4 Å². The van der Waals surface area contributed by atoms with E-state index in [1.165, 1.54) is 18.5 Å². The number of aromatic nitrogens is 4. The second-order valence-electron chi connectivity index (χ2n) is 7.26. The van der Waals surface area contributed by atoms with Crippen molar-refractivity contribution in [2.45, 2.75) is 18.5 Å². The van der Waals surface area contributed by atoms with Crippen LogP contribution in [0, 0.1) is 5.82 Å². The van der Waals surface area contributed by atoms with Gasteiger partial charge in [0.2, 0.25) is 5.95 Å². The molecule has 2 fully saturated rings. The van der Waals surface area contributed by atoms with E-state index >= 15 is 0 Å². The summed E-state index contributed by atoms with van der Waals surface area (Å²) in [6.07, 6.45) is 4.04. The summed E-state index contributed by atoms with van der Waals surface area (Å²) in [7, 11) is 1.74. The Kier molecular flexibility index (Phi) is 3.85. The zero-order chi connectivity index (χ0) is 19.3. The smallest absolute Gasteiger partial charge is 0.255 e. The zero-order valence-corrected chi connectivity index (χ0v) is 15.4. The molecule has 0 N–H and O–H groups in total. The van der Waals surface area contributed by atoms with Crippen LogP contribution < -0.4 is 15.4 Å².